The fourth-order valence-electron chi connectivity index (χ4n) is 12.9. The fraction of sp³-hybridized carbons (Fsp3) is 0.451. The molecule has 106 heavy (non-hydrogen) atoms. The molecule has 5 aromatic carbocycles. The molecule has 12 rings (SSSR count). The smallest absolute Gasteiger partial charge is 0.412 e. The molecule has 570 valence electrons. The van der Waals surface area contributed by atoms with Gasteiger partial charge in [0, 0.05) is 49.9 Å². The van der Waals surface area contributed by atoms with Gasteiger partial charge in [-0.1, -0.05) is 81.4 Å². The number of carbonyl (C=O) groups excluding carboxylic acids is 9. The van der Waals surface area contributed by atoms with Gasteiger partial charge in [-0.2, -0.15) is 0 Å². The lowest BCUT2D eigenvalue weighted by molar-refractivity contribution is -0.277. The van der Waals surface area contributed by atoms with Crippen molar-refractivity contribution in [3.05, 3.63) is 117 Å². The van der Waals surface area contributed by atoms with Crippen molar-refractivity contribution >= 4 is 76.6 Å². The van der Waals surface area contributed by atoms with Gasteiger partial charge in [0.15, 0.2) is 11.5 Å². The Morgan fingerprint density at radius 1 is 0.679 bits per heavy atom. The van der Waals surface area contributed by atoms with Crippen LogP contribution in [-0.4, -0.2) is 212 Å². The number of aromatic hydroxyl groups is 2. The number of likely N-dealkylation sites (N-methyl/N-ethyl adjacent to an activating group) is 2. The van der Waals surface area contributed by atoms with Gasteiger partial charge >= 0.3 is 6.09 Å². The minimum atomic E-state index is -2.32. The third kappa shape index (κ3) is 17.9. The number of primary amides is 1. The molecule has 0 spiro atoms. The van der Waals surface area contributed by atoms with E-state index in [1.807, 2.05) is 32.7 Å². The summed E-state index contributed by atoms with van der Waals surface area (Å²) < 4.78 is 30.9. The lowest BCUT2D eigenvalue weighted by atomic mass is 9.89. The molecule has 33 nitrogen and oxygen atoms in total. The molecule has 2 saturated heterocycles. The highest BCUT2D eigenvalue weighted by Crippen LogP contribution is 2.50. The number of amides is 9. The second-order valence-electron chi connectivity index (χ2n) is 26.8. The number of carbonyl (C=O) groups is 9. The lowest BCUT2D eigenvalue weighted by Gasteiger charge is -2.39. The number of nitrogens with zero attached hydrogens (tertiary/aromatic N) is 2. The third-order valence-corrected chi connectivity index (χ3v) is 19.3. The van der Waals surface area contributed by atoms with Crippen LogP contribution in [0.1, 0.15) is 117 Å². The van der Waals surface area contributed by atoms with Crippen molar-refractivity contribution in [1.29, 1.82) is 0 Å². The van der Waals surface area contributed by atoms with Crippen LogP contribution in [0.5, 0.6) is 46.0 Å². The van der Waals surface area contributed by atoms with E-state index in [2.05, 4.69) is 42.5 Å². The van der Waals surface area contributed by atoms with E-state index in [-0.39, 0.29) is 87.6 Å². The minimum absolute atomic E-state index is 0.0865. The number of unbranched alkanes of at least 4 members (excludes halogenated alkanes) is 3. The molecule has 0 unspecified atom stereocenters. The summed E-state index contributed by atoms with van der Waals surface area (Å²) in [5.74, 6) is -14.0. The molecule has 0 radical (unpaired) electrons. The van der Waals surface area contributed by atoms with E-state index in [0.717, 1.165) is 73.9 Å². The first-order chi connectivity index (χ1) is 50.5. The van der Waals surface area contributed by atoms with E-state index in [1.165, 1.54) is 36.2 Å². The molecule has 5 aromatic rings. The molecular formula is C71H85Cl2N11O22. The van der Waals surface area contributed by atoms with Gasteiger partial charge in [0.1, 0.15) is 102 Å². The highest BCUT2D eigenvalue weighted by Gasteiger charge is 2.47. The van der Waals surface area contributed by atoms with E-state index in [9.17, 15) is 60.0 Å². The number of piperazine rings is 1. The number of ether oxygens (including phenoxy) is 5. The van der Waals surface area contributed by atoms with Crippen molar-refractivity contribution in [3.63, 3.8) is 0 Å². The number of aliphatic hydroxyl groups excluding tert-OH is 6. The van der Waals surface area contributed by atoms with Gasteiger partial charge in [-0.3, -0.25) is 38.4 Å². The number of benzene rings is 5. The van der Waals surface area contributed by atoms with Crippen molar-refractivity contribution in [1.82, 2.24) is 52.3 Å². The molecule has 2 fully saturated rings. The summed E-state index contributed by atoms with van der Waals surface area (Å²) in [6.07, 6.45) is -12.6. The van der Waals surface area contributed by atoms with E-state index in [1.54, 1.807) is 0 Å². The Morgan fingerprint density at radius 2 is 1.30 bits per heavy atom. The molecule has 7 aliphatic heterocycles. The van der Waals surface area contributed by atoms with Crippen LogP contribution in [0.4, 0.5) is 4.79 Å². The van der Waals surface area contributed by atoms with Crippen molar-refractivity contribution in [3.8, 4) is 57.1 Å². The van der Waals surface area contributed by atoms with Crippen LogP contribution >= 0.6 is 23.2 Å². The summed E-state index contributed by atoms with van der Waals surface area (Å²) in [6, 6.07) is 0.857. The maximum Gasteiger partial charge on any atom is 0.412 e. The minimum Gasteiger partial charge on any atom is -0.507 e. The van der Waals surface area contributed by atoms with Crippen molar-refractivity contribution in [2.75, 3.05) is 53.4 Å². The van der Waals surface area contributed by atoms with Crippen LogP contribution in [0.25, 0.3) is 11.1 Å². The standard InChI is InChI=1S/C71H85Cl2N11O22/c1-6-7-8-9-16-76-71(101)102-36-27-38-51(44(87)28-36)37-22-32(10-13-43(37)86)52-65(96)82-56(68(99)80-54(38)69(100)84-19-17-83(5)18-20-84)58(90)34-12-15-46(40(73)24-34)104-48-26-35-25-47(62(48)106-70-61(93)60(92)59(91)49(30-85)105-70)103-45-14-11-33(23-39(45)72)57(89)55(81-63(94)41(75-4)21-31(2)3)67(98)77-42(29-50(74)88)64(95)78-53(35)66(97)79-52/h10-15,22-28,31,41-42,49,52-61,70,75,85-87,89-93H,6-9,16-21,29-30H2,1-5H3,(H2,74,88)(H,76,101)(H,77,98)(H,78,95)(H,79,97)(H,80,99)(H,81,94)(H,82,96)/t41-,42+,49-,52-,53-,54+,55-,56+,57-,58-,59-,60+,61-,70+/m1/s1. The predicted molar refractivity (Wildman–Crippen MR) is 376 cm³/mol. The highest BCUT2D eigenvalue weighted by atomic mass is 35.5. The Kier molecular flexibility index (Phi) is 25.5. The number of rotatable bonds is 17. The number of fused-ring (bicyclic) bond motifs is 15. The quantitative estimate of drug-likeness (QED) is 0.0587. The number of aliphatic hydroxyl groups is 6. The van der Waals surface area contributed by atoms with E-state index in [0.29, 0.717) is 19.5 Å². The van der Waals surface area contributed by atoms with Gasteiger partial charge in [0.25, 0.3) is 0 Å². The molecule has 0 aliphatic carbocycles. The zero-order chi connectivity index (χ0) is 76.7. The molecule has 7 aliphatic rings. The topological polar surface area (TPSA) is 490 Å². The summed E-state index contributed by atoms with van der Waals surface area (Å²) in [5.41, 5.74) is 3.60. The number of phenols is 2. The maximum absolute atomic E-state index is 16.1. The molecule has 11 bridgehead atoms. The molecule has 35 heteroatoms. The largest absolute Gasteiger partial charge is 0.507 e. The number of phenolic OH excluding ortho intramolecular Hbond substituents is 2. The van der Waals surface area contributed by atoms with Gasteiger partial charge in [0.2, 0.25) is 59.3 Å². The van der Waals surface area contributed by atoms with Gasteiger partial charge in [-0.25, -0.2) is 4.79 Å². The van der Waals surface area contributed by atoms with Crippen LogP contribution in [0.2, 0.25) is 10.0 Å². The molecule has 7 heterocycles. The fourth-order valence-corrected chi connectivity index (χ4v) is 13.3. The molecule has 0 aromatic heterocycles. The van der Waals surface area contributed by atoms with Crippen LogP contribution < -0.4 is 67.2 Å². The van der Waals surface area contributed by atoms with Gasteiger partial charge in [0.05, 0.1) is 29.1 Å². The second-order valence-corrected chi connectivity index (χ2v) is 27.6. The number of hydrogen-bond donors (Lipinski definition) is 17. The van der Waals surface area contributed by atoms with Crippen LogP contribution in [0.15, 0.2) is 78.9 Å². The molecular weight excluding hydrogens is 1430 g/mol. The highest BCUT2D eigenvalue weighted by molar-refractivity contribution is 6.32. The second kappa shape index (κ2) is 34.3. The van der Waals surface area contributed by atoms with Crippen molar-refractivity contribution in [2.24, 2.45) is 11.7 Å². The zero-order valence-electron chi connectivity index (χ0n) is 58.2. The van der Waals surface area contributed by atoms with E-state index < -0.39 is 191 Å². The summed E-state index contributed by atoms with van der Waals surface area (Å²) in [5, 5.41) is 113. The zero-order valence-corrected chi connectivity index (χ0v) is 59.7. The number of halogens is 2. The van der Waals surface area contributed by atoms with Gasteiger partial charge in [-0.05, 0) is 115 Å². The Bertz CT molecular complexity index is 4160. The summed E-state index contributed by atoms with van der Waals surface area (Å²) in [7, 11) is 3.31. The van der Waals surface area contributed by atoms with Crippen LogP contribution in [-0.2, 0) is 43.1 Å². The molecule has 14 atom stereocenters. The normalized spacial score (nSPS) is 25.2. The monoisotopic (exact) mass is 1510 g/mol. The first kappa shape index (κ1) is 78.9. The Labute approximate surface area is 617 Å². The molecule has 9 amide bonds. The van der Waals surface area contributed by atoms with E-state index >= 15 is 24.0 Å². The average molecular weight is 1520 g/mol. The number of nitrogens with one attached hydrogen (secondary N) is 8. The Balaban J connectivity index is 1.21. The maximum atomic E-state index is 16.1. The Hall–Kier alpha value is -9.65. The lowest BCUT2D eigenvalue weighted by Crippen LogP contribution is -2.60. The van der Waals surface area contributed by atoms with Crippen molar-refractivity contribution in [2.45, 2.75) is 145 Å². The summed E-state index contributed by atoms with van der Waals surface area (Å²) in [6.45, 7) is 5.83. The van der Waals surface area contributed by atoms with Gasteiger partial charge < -0.3 is 123 Å². The molecule has 0 saturated carbocycles. The average Bonchev–Trinajstić information content (AvgIpc) is 0.763. The van der Waals surface area contributed by atoms with Crippen molar-refractivity contribution < 1.29 is 108 Å². The summed E-state index contributed by atoms with van der Waals surface area (Å²) in [4.78, 5) is 137. The van der Waals surface area contributed by atoms with Crippen LogP contribution in [0, 0.1) is 5.92 Å². The molecule has 18 N–H and O–H groups in total. The first-order valence-corrected chi connectivity index (χ1v) is 35.1. The number of hydrogen-bond acceptors (Lipinski definition) is 24. The van der Waals surface area contributed by atoms with E-state index in [4.69, 9.17) is 52.6 Å². The Morgan fingerprint density at radius 3 is 1.92 bits per heavy atom. The SMILES string of the molecule is CCCCCCNC(=O)Oc1cc(O)c2c(c1)[C@@H](C(=O)N1CCN(C)CC1)NC(=O)[C@H]1NC(=O)[C@H](NC(=O)[C@@H]3NC(=O)[C@H](CC(N)=O)NC(=O)[C@H](NC(=O)[C@@H](CC(C)C)NC)[C@H](O)c4ccc(c(Cl)c4)Oc4cc3cc(c4O[C@@H]3O[C@H](CO)[C@@H](O)[C@H](O)[C@H]3O)Oc3ccc(cc3Cl)[C@H]1O)c1ccc(O)c-2c1. The summed E-state index contributed by atoms with van der Waals surface area (Å²) >= 11 is 14.1. The first-order valence-electron chi connectivity index (χ1n) is 34.3. The third-order valence-electron chi connectivity index (χ3n) is 18.7. The van der Waals surface area contributed by atoms with Gasteiger partial charge in [-0.15, -0.1) is 0 Å². The number of nitrogens with two attached hydrogens (primary N) is 1. The van der Waals surface area contributed by atoms with Crippen LogP contribution in [0.3, 0.4) is 0 Å². The predicted octanol–water partition coefficient (Wildman–Crippen LogP) is 1.52.